The molecule has 1 aliphatic carbocycles. The summed E-state index contributed by atoms with van der Waals surface area (Å²) in [5.74, 6) is 0.763. The molecule has 7 nitrogen and oxygen atoms in total. The Morgan fingerprint density at radius 3 is 3.00 bits per heavy atom. The van der Waals surface area contributed by atoms with E-state index in [1.54, 1.807) is 23.6 Å². The molecule has 1 fully saturated rings. The number of carbonyl (C=O) groups is 1. The monoisotopic (exact) mass is 301 g/mol. The Kier molecular flexibility index (Phi) is 4.34. The molecule has 0 spiro atoms. The van der Waals surface area contributed by atoms with Gasteiger partial charge in [0.15, 0.2) is 0 Å². The van der Waals surface area contributed by atoms with Gasteiger partial charge in [-0.05, 0) is 30.5 Å². The van der Waals surface area contributed by atoms with Crippen LogP contribution in [-0.2, 0) is 6.54 Å². The van der Waals surface area contributed by atoms with Crippen molar-refractivity contribution in [3.8, 4) is 5.82 Å². The van der Waals surface area contributed by atoms with Crippen molar-refractivity contribution in [1.82, 2.24) is 24.8 Å². The number of amides is 2. The molecular formula is C15H19N5O2. The smallest absolute Gasteiger partial charge is 0.317 e. The first-order valence-electron chi connectivity index (χ1n) is 7.36. The highest BCUT2D eigenvalue weighted by Crippen LogP contribution is 2.26. The molecule has 2 N–H and O–H groups in total. The molecule has 2 heterocycles. The highest BCUT2D eigenvalue weighted by atomic mass is 16.3. The zero-order valence-corrected chi connectivity index (χ0v) is 12.2. The van der Waals surface area contributed by atoms with Crippen LogP contribution in [0.4, 0.5) is 4.79 Å². The molecule has 2 aromatic rings. The number of nitrogens with one attached hydrogen (secondary N) is 1. The number of pyridine rings is 1. The summed E-state index contributed by atoms with van der Waals surface area (Å²) in [7, 11) is 0. The number of rotatable bonds is 6. The van der Waals surface area contributed by atoms with Gasteiger partial charge in [-0.1, -0.05) is 0 Å². The molecule has 0 atom stereocenters. The van der Waals surface area contributed by atoms with Crippen LogP contribution in [0.15, 0.2) is 37.1 Å². The highest BCUT2D eigenvalue weighted by molar-refractivity contribution is 5.74. The van der Waals surface area contributed by atoms with Crippen LogP contribution in [0.1, 0.15) is 18.4 Å². The fourth-order valence-corrected chi connectivity index (χ4v) is 2.33. The molecule has 0 radical (unpaired) electrons. The molecule has 0 aromatic carbocycles. The van der Waals surface area contributed by atoms with E-state index in [1.807, 2.05) is 22.9 Å². The van der Waals surface area contributed by atoms with Gasteiger partial charge in [0.05, 0.1) is 6.61 Å². The number of carbonyl (C=O) groups excluding carboxylic acids is 1. The maximum Gasteiger partial charge on any atom is 0.317 e. The summed E-state index contributed by atoms with van der Waals surface area (Å²) in [6, 6.07) is 3.94. The quantitative estimate of drug-likeness (QED) is 0.831. The van der Waals surface area contributed by atoms with Crippen LogP contribution < -0.4 is 5.32 Å². The van der Waals surface area contributed by atoms with Gasteiger partial charge < -0.3 is 15.3 Å². The zero-order chi connectivity index (χ0) is 15.4. The molecule has 0 aliphatic heterocycles. The van der Waals surface area contributed by atoms with Gasteiger partial charge in [-0.15, -0.1) is 0 Å². The van der Waals surface area contributed by atoms with E-state index in [1.165, 1.54) is 0 Å². The number of aromatic nitrogens is 3. The lowest BCUT2D eigenvalue weighted by Gasteiger charge is -2.21. The van der Waals surface area contributed by atoms with Crippen molar-refractivity contribution < 1.29 is 9.90 Å². The minimum atomic E-state index is -0.127. The number of hydrogen-bond acceptors (Lipinski definition) is 4. The lowest BCUT2D eigenvalue weighted by Crippen LogP contribution is -2.42. The maximum atomic E-state index is 12.2. The fourth-order valence-electron chi connectivity index (χ4n) is 2.33. The van der Waals surface area contributed by atoms with Crippen LogP contribution in [0, 0.1) is 0 Å². The number of aliphatic hydroxyl groups excluding tert-OH is 1. The Labute approximate surface area is 128 Å². The number of hydrogen-bond donors (Lipinski definition) is 2. The third-order valence-electron chi connectivity index (χ3n) is 3.61. The lowest BCUT2D eigenvalue weighted by atomic mass is 10.2. The molecule has 1 saturated carbocycles. The zero-order valence-electron chi connectivity index (χ0n) is 12.2. The molecule has 0 bridgehead atoms. The second kappa shape index (κ2) is 6.57. The van der Waals surface area contributed by atoms with Crippen molar-refractivity contribution in [2.24, 2.45) is 0 Å². The molecular weight excluding hydrogens is 282 g/mol. The Morgan fingerprint density at radius 1 is 1.45 bits per heavy atom. The van der Waals surface area contributed by atoms with Gasteiger partial charge in [-0.25, -0.2) is 14.8 Å². The standard InChI is InChI=1S/C15H19N5O2/c21-8-7-20(13-1-2-13)15(22)18-10-12-3-4-17-14(9-12)19-6-5-16-11-19/h3-6,9,11,13,21H,1-2,7-8,10H2,(H,18,22). The highest BCUT2D eigenvalue weighted by Gasteiger charge is 2.31. The summed E-state index contributed by atoms with van der Waals surface area (Å²) >= 11 is 0. The second-order valence-corrected chi connectivity index (χ2v) is 5.30. The fraction of sp³-hybridized carbons (Fsp3) is 0.400. The number of aliphatic hydroxyl groups is 1. The van der Waals surface area contributed by atoms with E-state index in [2.05, 4.69) is 15.3 Å². The van der Waals surface area contributed by atoms with Gasteiger partial charge in [0, 0.05) is 37.7 Å². The third kappa shape index (κ3) is 3.43. The van der Waals surface area contributed by atoms with Crippen LogP contribution in [0.5, 0.6) is 0 Å². The molecule has 1 aliphatic rings. The van der Waals surface area contributed by atoms with E-state index in [4.69, 9.17) is 5.11 Å². The SMILES string of the molecule is O=C(NCc1ccnc(-n2ccnc2)c1)N(CCO)C1CC1. The summed E-state index contributed by atoms with van der Waals surface area (Å²) in [6.07, 6.45) is 8.95. The summed E-state index contributed by atoms with van der Waals surface area (Å²) in [6.45, 7) is 0.800. The van der Waals surface area contributed by atoms with Crippen LogP contribution in [0.2, 0.25) is 0 Å². The molecule has 116 valence electrons. The Morgan fingerprint density at radius 2 is 2.32 bits per heavy atom. The molecule has 2 aromatic heterocycles. The molecule has 2 amide bonds. The van der Waals surface area contributed by atoms with E-state index in [9.17, 15) is 4.79 Å². The molecule has 0 unspecified atom stereocenters. The van der Waals surface area contributed by atoms with Crippen LogP contribution in [0.3, 0.4) is 0 Å². The van der Waals surface area contributed by atoms with E-state index in [-0.39, 0.29) is 18.7 Å². The molecule has 7 heteroatoms. The summed E-state index contributed by atoms with van der Waals surface area (Å²) in [5.41, 5.74) is 0.965. The molecule has 22 heavy (non-hydrogen) atoms. The first-order valence-corrected chi connectivity index (χ1v) is 7.36. The van der Waals surface area contributed by atoms with E-state index >= 15 is 0 Å². The number of urea groups is 1. The second-order valence-electron chi connectivity index (χ2n) is 5.30. The minimum absolute atomic E-state index is 0.00997. The Bertz CT molecular complexity index is 625. The molecule has 3 rings (SSSR count). The van der Waals surface area contributed by atoms with Crippen molar-refractivity contribution in [3.05, 3.63) is 42.6 Å². The van der Waals surface area contributed by atoms with Crippen molar-refractivity contribution in [3.63, 3.8) is 0 Å². The predicted molar refractivity (Wildman–Crippen MR) is 80.4 cm³/mol. The topological polar surface area (TPSA) is 83.3 Å². The third-order valence-corrected chi connectivity index (χ3v) is 3.61. The molecule has 0 saturated heterocycles. The van der Waals surface area contributed by atoms with Crippen LogP contribution in [0.25, 0.3) is 5.82 Å². The largest absolute Gasteiger partial charge is 0.395 e. The van der Waals surface area contributed by atoms with Gasteiger partial charge in [0.2, 0.25) is 0 Å². The summed E-state index contributed by atoms with van der Waals surface area (Å²) in [4.78, 5) is 22.2. The van der Waals surface area contributed by atoms with Crippen LogP contribution in [-0.4, -0.2) is 49.8 Å². The van der Waals surface area contributed by atoms with Gasteiger partial charge in [0.1, 0.15) is 12.1 Å². The van der Waals surface area contributed by atoms with Gasteiger partial charge >= 0.3 is 6.03 Å². The first kappa shape index (κ1) is 14.5. The number of imidazole rings is 1. The van der Waals surface area contributed by atoms with Gasteiger partial charge in [0.25, 0.3) is 0 Å². The van der Waals surface area contributed by atoms with Crippen molar-refractivity contribution in [2.75, 3.05) is 13.2 Å². The normalized spacial score (nSPS) is 13.9. The summed E-state index contributed by atoms with van der Waals surface area (Å²) < 4.78 is 1.81. The average Bonchev–Trinajstić information content (AvgIpc) is 3.23. The minimum Gasteiger partial charge on any atom is -0.395 e. The van der Waals surface area contributed by atoms with Crippen molar-refractivity contribution in [1.29, 1.82) is 0 Å². The Balaban J connectivity index is 1.61. The van der Waals surface area contributed by atoms with Gasteiger partial charge in [-0.3, -0.25) is 4.57 Å². The average molecular weight is 301 g/mol. The van der Waals surface area contributed by atoms with Crippen molar-refractivity contribution >= 4 is 6.03 Å². The Hall–Kier alpha value is -2.41. The first-order chi connectivity index (χ1) is 10.8. The van der Waals surface area contributed by atoms with E-state index in [0.29, 0.717) is 13.1 Å². The number of nitrogens with zero attached hydrogens (tertiary/aromatic N) is 4. The summed E-state index contributed by atoms with van der Waals surface area (Å²) in [5, 5.41) is 12.0. The van der Waals surface area contributed by atoms with E-state index in [0.717, 1.165) is 24.2 Å². The van der Waals surface area contributed by atoms with Crippen molar-refractivity contribution in [2.45, 2.75) is 25.4 Å². The van der Waals surface area contributed by atoms with Crippen LogP contribution >= 0.6 is 0 Å². The van der Waals surface area contributed by atoms with E-state index < -0.39 is 0 Å². The van der Waals surface area contributed by atoms with Gasteiger partial charge in [-0.2, -0.15) is 0 Å². The lowest BCUT2D eigenvalue weighted by molar-refractivity contribution is 0.173. The maximum absolute atomic E-state index is 12.2. The predicted octanol–water partition coefficient (Wildman–Crippen LogP) is 0.934.